The molecule has 0 saturated heterocycles. The third-order valence-corrected chi connectivity index (χ3v) is 2.88. The highest BCUT2D eigenvalue weighted by Crippen LogP contribution is 2.20. The molecule has 0 fully saturated rings. The fraction of sp³-hybridized carbons (Fsp3) is 0.0556. The van der Waals surface area contributed by atoms with Crippen LogP contribution in [-0.2, 0) is 6.42 Å². The van der Waals surface area contributed by atoms with Gasteiger partial charge in [0.25, 0.3) is 0 Å². The minimum Gasteiger partial charge on any atom is -0.507 e. The van der Waals surface area contributed by atoms with E-state index in [9.17, 15) is 5.11 Å². The molecule has 2 aromatic carbocycles. The number of phenols is 1. The highest BCUT2D eigenvalue weighted by atomic mass is 16.3. The maximum Gasteiger partial charge on any atom is 0.154 e. The summed E-state index contributed by atoms with van der Waals surface area (Å²) < 4.78 is 0. The minimum absolute atomic E-state index is 0.195. The molecule has 0 unspecified atom stereocenters. The lowest BCUT2D eigenvalue weighted by atomic mass is 10.1. The van der Waals surface area contributed by atoms with Crippen LogP contribution in [0.4, 0.5) is 0 Å². The Morgan fingerprint density at radius 3 is 2.60 bits per heavy atom. The Morgan fingerprint density at radius 2 is 1.85 bits per heavy atom. The molecule has 0 spiro atoms. The topological polar surface area (TPSA) is 24.6 Å². The van der Waals surface area contributed by atoms with E-state index >= 15 is 0 Å². The van der Waals surface area contributed by atoms with Gasteiger partial charge in [-0.2, -0.15) is 0 Å². The van der Waals surface area contributed by atoms with Crippen LogP contribution in [-0.4, -0.2) is 5.11 Å². The Kier molecular flexibility index (Phi) is 4.75. The Labute approximate surface area is 119 Å². The molecule has 2 heteroatoms. The lowest BCUT2D eigenvalue weighted by Gasteiger charge is -2.02. The number of phenolic OH excluding ortho intramolecular Hbond substituents is 1. The maximum atomic E-state index is 9.69. The van der Waals surface area contributed by atoms with E-state index in [4.69, 9.17) is 6.57 Å². The second-order valence-corrected chi connectivity index (χ2v) is 4.36. The van der Waals surface area contributed by atoms with Crippen LogP contribution in [0.3, 0.4) is 0 Å². The molecule has 0 amide bonds. The van der Waals surface area contributed by atoms with Crippen molar-refractivity contribution in [2.45, 2.75) is 6.42 Å². The number of nitrogens with zero attached hydrogens (tertiary/aromatic N) is 1. The zero-order valence-electron chi connectivity index (χ0n) is 11.0. The molecule has 2 rings (SSSR count). The monoisotopic (exact) mass is 261 g/mol. The summed E-state index contributed by atoms with van der Waals surface area (Å²) >= 11 is 0. The highest BCUT2D eigenvalue weighted by Gasteiger charge is 1.98. The first-order valence-electron chi connectivity index (χ1n) is 6.36. The molecule has 0 radical (unpaired) electrons. The van der Waals surface area contributed by atoms with E-state index in [2.05, 4.69) is 29.1 Å². The van der Waals surface area contributed by atoms with Crippen molar-refractivity contribution in [3.63, 3.8) is 0 Å². The number of aromatic hydroxyl groups is 1. The quantitative estimate of drug-likeness (QED) is 0.803. The fourth-order valence-corrected chi connectivity index (χ4v) is 1.88. The highest BCUT2D eigenvalue weighted by molar-refractivity contribution is 5.59. The maximum absolute atomic E-state index is 9.69. The zero-order valence-corrected chi connectivity index (χ0v) is 11.0. The standard InChI is InChI=1S/C18H15NO/c1-19-13-12-17-14-16(10-11-18(17)20)9-5-8-15-6-3-2-4-7-15/h2-8,10-14,20H,9H2. The van der Waals surface area contributed by atoms with Crippen molar-refractivity contribution in [3.05, 3.63) is 88.9 Å². The molecule has 0 aliphatic heterocycles. The van der Waals surface area contributed by atoms with E-state index in [0.717, 1.165) is 12.0 Å². The number of allylic oxidation sites excluding steroid dienone is 1. The van der Waals surface area contributed by atoms with Crippen LogP contribution in [0.5, 0.6) is 5.75 Å². The summed E-state index contributed by atoms with van der Waals surface area (Å²) in [5, 5.41) is 9.69. The first kappa shape index (κ1) is 13.6. The molecule has 0 saturated carbocycles. The summed E-state index contributed by atoms with van der Waals surface area (Å²) in [4.78, 5) is 3.15. The molecule has 2 aromatic rings. The van der Waals surface area contributed by atoms with Crippen molar-refractivity contribution in [2.24, 2.45) is 0 Å². The van der Waals surface area contributed by atoms with Gasteiger partial charge in [0.2, 0.25) is 0 Å². The van der Waals surface area contributed by atoms with Gasteiger partial charge < -0.3 is 5.11 Å². The Balaban J connectivity index is 2.09. The van der Waals surface area contributed by atoms with E-state index in [0.29, 0.717) is 5.56 Å². The smallest absolute Gasteiger partial charge is 0.154 e. The number of rotatable bonds is 4. The molecule has 2 nitrogen and oxygen atoms in total. The number of benzene rings is 2. The molecular formula is C18H15NO. The van der Waals surface area contributed by atoms with Crippen molar-refractivity contribution in [2.75, 3.05) is 0 Å². The van der Waals surface area contributed by atoms with Gasteiger partial charge >= 0.3 is 0 Å². The molecule has 0 aromatic heterocycles. The van der Waals surface area contributed by atoms with E-state index in [1.54, 1.807) is 12.1 Å². The summed E-state index contributed by atoms with van der Waals surface area (Å²) in [5.41, 5.74) is 2.94. The van der Waals surface area contributed by atoms with Gasteiger partial charge in [-0.3, -0.25) is 0 Å². The molecular weight excluding hydrogens is 246 g/mol. The second kappa shape index (κ2) is 6.96. The summed E-state index contributed by atoms with van der Waals surface area (Å²) in [6.45, 7) is 6.73. The molecule has 0 aliphatic carbocycles. The minimum atomic E-state index is 0.195. The first-order valence-corrected chi connectivity index (χ1v) is 6.36. The van der Waals surface area contributed by atoms with E-state index in [-0.39, 0.29) is 5.75 Å². The van der Waals surface area contributed by atoms with E-state index in [1.807, 2.05) is 30.3 Å². The molecule has 0 aliphatic rings. The van der Waals surface area contributed by atoms with Gasteiger partial charge in [-0.15, -0.1) is 0 Å². The molecule has 20 heavy (non-hydrogen) atoms. The number of hydrogen-bond acceptors (Lipinski definition) is 1. The van der Waals surface area contributed by atoms with Crippen molar-refractivity contribution in [1.29, 1.82) is 0 Å². The van der Waals surface area contributed by atoms with Crippen LogP contribution in [0.1, 0.15) is 16.7 Å². The van der Waals surface area contributed by atoms with E-state index < -0.39 is 0 Å². The molecule has 98 valence electrons. The van der Waals surface area contributed by atoms with Crippen molar-refractivity contribution >= 4 is 12.2 Å². The van der Waals surface area contributed by atoms with Gasteiger partial charge in [-0.25, -0.2) is 4.85 Å². The van der Waals surface area contributed by atoms with E-state index in [1.165, 1.54) is 11.8 Å². The lowest BCUT2D eigenvalue weighted by Crippen LogP contribution is -1.83. The average Bonchev–Trinajstić information content (AvgIpc) is 2.49. The van der Waals surface area contributed by atoms with Crippen LogP contribution in [0.25, 0.3) is 17.0 Å². The van der Waals surface area contributed by atoms with Crippen LogP contribution >= 0.6 is 0 Å². The van der Waals surface area contributed by atoms with Crippen molar-refractivity contribution in [1.82, 2.24) is 0 Å². The molecule has 1 N–H and O–H groups in total. The normalized spacial score (nSPS) is 10.9. The summed E-state index contributed by atoms with van der Waals surface area (Å²) in [5.74, 6) is 0.195. The predicted molar refractivity (Wildman–Crippen MR) is 82.9 cm³/mol. The Morgan fingerprint density at radius 1 is 1.05 bits per heavy atom. The molecule has 0 heterocycles. The Bertz CT molecular complexity index is 664. The van der Waals surface area contributed by atoms with Gasteiger partial charge in [0, 0.05) is 5.56 Å². The van der Waals surface area contributed by atoms with Crippen LogP contribution in [0.2, 0.25) is 0 Å². The van der Waals surface area contributed by atoms with Gasteiger partial charge in [-0.05, 0) is 29.7 Å². The first-order chi connectivity index (χ1) is 9.79. The number of hydrogen-bond donors (Lipinski definition) is 1. The van der Waals surface area contributed by atoms with Gasteiger partial charge in [0.05, 0.1) is 6.57 Å². The SMILES string of the molecule is [C-]#[N+]C=Cc1cc(CC=Cc2ccccc2)ccc1O. The second-order valence-electron chi connectivity index (χ2n) is 4.36. The predicted octanol–water partition coefficient (Wildman–Crippen LogP) is 4.54. The van der Waals surface area contributed by atoms with Crippen molar-refractivity contribution < 1.29 is 5.11 Å². The van der Waals surface area contributed by atoms with Gasteiger partial charge in [0.1, 0.15) is 5.75 Å². The van der Waals surface area contributed by atoms with Crippen LogP contribution in [0.15, 0.2) is 60.8 Å². The zero-order chi connectivity index (χ0) is 14.2. The largest absolute Gasteiger partial charge is 0.507 e. The van der Waals surface area contributed by atoms with Crippen molar-refractivity contribution in [3.8, 4) is 5.75 Å². The summed E-state index contributed by atoms with van der Waals surface area (Å²) in [7, 11) is 0. The lowest BCUT2D eigenvalue weighted by molar-refractivity contribution is 0.474. The third kappa shape index (κ3) is 3.86. The molecule has 0 atom stereocenters. The molecule has 0 bridgehead atoms. The van der Waals surface area contributed by atoms with Gasteiger partial charge in [-0.1, -0.05) is 54.6 Å². The third-order valence-electron chi connectivity index (χ3n) is 2.88. The Hall–Kier alpha value is -2.79. The van der Waals surface area contributed by atoms with Crippen LogP contribution < -0.4 is 0 Å². The summed E-state index contributed by atoms with van der Waals surface area (Å²) in [6, 6.07) is 15.6. The van der Waals surface area contributed by atoms with Crippen LogP contribution in [0, 0.1) is 6.57 Å². The fourth-order valence-electron chi connectivity index (χ4n) is 1.88. The summed E-state index contributed by atoms with van der Waals surface area (Å²) in [6.07, 6.45) is 7.91. The van der Waals surface area contributed by atoms with Gasteiger partial charge in [0.15, 0.2) is 6.20 Å². The average molecular weight is 261 g/mol.